The van der Waals surface area contributed by atoms with Crippen molar-refractivity contribution in [1.82, 2.24) is 5.32 Å². The van der Waals surface area contributed by atoms with Gasteiger partial charge < -0.3 is 10.2 Å². The van der Waals surface area contributed by atoms with Gasteiger partial charge in [-0.25, -0.2) is 0 Å². The van der Waals surface area contributed by atoms with Crippen molar-refractivity contribution >= 4 is 5.69 Å². The standard InChI is InChI=1S/C16H26N2/c1-3-11-18(13-14-9-10-14)16-8-6-5-7-15(16)12-17-4-2/h5-8,14,17H,3-4,9-13H2,1-2H3. The van der Waals surface area contributed by atoms with Gasteiger partial charge >= 0.3 is 0 Å². The van der Waals surface area contributed by atoms with Gasteiger partial charge in [0.25, 0.3) is 0 Å². The molecule has 1 N–H and O–H groups in total. The van der Waals surface area contributed by atoms with Crippen LogP contribution in [-0.4, -0.2) is 19.6 Å². The van der Waals surface area contributed by atoms with Crippen molar-refractivity contribution < 1.29 is 0 Å². The van der Waals surface area contributed by atoms with E-state index in [1.807, 2.05) is 0 Å². The molecule has 0 aromatic heterocycles. The van der Waals surface area contributed by atoms with Crippen LogP contribution in [0.4, 0.5) is 5.69 Å². The van der Waals surface area contributed by atoms with Crippen LogP contribution >= 0.6 is 0 Å². The highest BCUT2D eigenvalue weighted by Gasteiger charge is 2.24. The molecule has 0 unspecified atom stereocenters. The first kappa shape index (κ1) is 13.4. The van der Waals surface area contributed by atoms with Crippen LogP contribution in [-0.2, 0) is 6.54 Å². The van der Waals surface area contributed by atoms with Gasteiger partial charge in [-0.15, -0.1) is 0 Å². The topological polar surface area (TPSA) is 15.3 Å². The van der Waals surface area contributed by atoms with E-state index in [0.717, 1.165) is 19.0 Å². The third kappa shape index (κ3) is 3.74. The first-order chi connectivity index (χ1) is 8.85. The Morgan fingerprint density at radius 1 is 1.22 bits per heavy atom. The maximum Gasteiger partial charge on any atom is 0.0411 e. The third-order valence-electron chi connectivity index (χ3n) is 3.57. The van der Waals surface area contributed by atoms with Gasteiger partial charge in [0, 0.05) is 25.3 Å². The number of rotatable bonds is 8. The molecular weight excluding hydrogens is 220 g/mol. The van der Waals surface area contributed by atoms with Crippen molar-refractivity contribution in [3.63, 3.8) is 0 Å². The monoisotopic (exact) mass is 246 g/mol. The molecule has 0 amide bonds. The van der Waals surface area contributed by atoms with Gasteiger partial charge in [0.2, 0.25) is 0 Å². The lowest BCUT2D eigenvalue weighted by Crippen LogP contribution is -2.28. The van der Waals surface area contributed by atoms with Gasteiger partial charge in [0.05, 0.1) is 0 Å². The molecular formula is C16H26N2. The van der Waals surface area contributed by atoms with Crippen molar-refractivity contribution in [3.05, 3.63) is 29.8 Å². The third-order valence-corrected chi connectivity index (χ3v) is 3.57. The molecule has 0 aliphatic heterocycles. The van der Waals surface area contributed by atoms with Crippen LogP contribution < -0.4 is 10.2 Å². The number of nitrogens with zero attached hydrogens (tertiary/aromatic N) is 1. The molecule has 1 aliphatic carbocycles. The molecule has 1 aliphatic rings. The van der Waals surface area contributed by atoms with Crippen molar-refractivity contribution in [1.29, 1.82) is 0 Å². The molecule has 1 fully saturated rings. The predicted octanol–water partition coefficient (Wildman–Crippen LogP) is 3.42. The van der Waals surface area contributed by atoms with Gasteiger partial charge in [-0.2, -0.15) is 0 Å². The molecule has 2 nitrogen and oxygen atoms in total. The normalized spacial score (nSPS) is 14.8. The Bertz CT molecular complexity index is 358. The Hall–Kier alpha value is -1.02. The summed E-state index contributed by atoms with van der Waals surface area (Å²) in [6.45, 7) is 8.88. The van der Waals surface area contributed by atoms with E-state index in [1.165, 1.54) is 43.6 Å². The lowest BCUT2D eigenvalue weighted by molar-refractivity contribution is 0.689. The molecule has 0 radical (unpaired) electrons. The average Bonchev–Trinajstić information content (AvgIpc) is 3.20. The van der Waals surface area contributed by atoms with Crippen LogP contribution in [0.15, 0.2) is 24.3 Å². The minimum absolute atomic E-state index is 0.948. The number of hydrogen-bond acceptors (Lipinski definition) is 2. The molecule has 0 saturated heterocycles. The molecule has 0 atom stereocenters. The molecule has 1 aromatic carbocycles. The van der Waals surface area contributed by atoms with E-state index in [0.29, 0.717) is 0 Å². The Morgan fingerprint density at radius 2 is 2.00 bits per heavy atom. The summed E-state index contributed by atoms with van der Waals surface area (Å²) in [7, 11) is 0. The van der Waals surface area contributed by atoms with Gasteiger partial charge in [-0.05, 0) is 43.4 Å². The quantitative estimate of drug-likeness (QED) is 0.756. The van der Waals surface area contributed by atoms with E-state index >= 15 is 0 Å². The molecule has 18 heavy (non-hydrogen) atoms. The fourth-order valence-corrected chi connectivity index (χ4v) is 2.42. The van der Waals surface area contributed by atoms with E-state index < -0.39 is 0 Å². The Balaban J connectivity index is 2.10. The maximum absolute atomic E-state index is 3.44. The summed E-state index contributed by atoms with van der Waals surface area (Å²) in [4.78, 5) is 2.59. The second kappa shape index (κ2) is 6.79. The predicted molar refractivity (Wildman–Crippen MR) is 79.1 cm³/mol. The maximum atomic E-state index is 3.44. The van der Waals surface area contributed by atoms with Crippen molar-refractivity contribution in [2.45, 2.75) is 39.7 Å². The zero-order valence-electron chi connectivity index (χ0n) is 11.8. The summed E-state index contributed by atoms with van der Waals surface area (Å²) in [5.41, 5.74) is 2.88. The van der Waals surface area contributed by atoms with Crippen LogP contribution in [0.5, 0.6) is 0 Å². The van der Waals surface area contributed by atoms with E-state index in [4.69, 9.17) is 0 Å². The fourth-order valence-electron chi connectivity index (χ4n) is 2.42. The van der Waals surface area contributed by atoms with E-state index in [1.54, 1.807) is 0 Å². The van der Waals surface area contributed by atoms with Crippen molar-refractivity contribution in [2.24, 2.45) is 5.92 Å². The van der Waals surface area contributed by atoms with Crippen molar-refractivity contribution in [3.8, 4) is 0 Å². The molecule has 0 heterocycles. The average molecular weight is 246 g/mol. The molecule has 1 aromatic rings. The molecule has 2 rings (SSSR count). The lowest BCUT2D eigenvalue weighted by Gasteiger charge is -2.27. The first-order valence-corrected chi connectivity index (χ1v) is 7.38. The van der Waals surface area contributed by atoms with Crippen LogP contribution in [0.2, 0.25) is 0 Å². The zero-order valence-corrected chi connectivity index (χ0v) is 11.8. The van der Waals surface area contributed by atoms with E-state index in [9.17, 15) is 0 Å². The van der Waals surface area contributed by atoms with E-state index in [-0.39, 0.29) is 0 Å². The zero-order chi connectivity index (χ0) is 12.8. The second-order valence-electron chi connectivity index (χ2n) is 5.30. The Labute approximate surface area is 111 Å². The van der Waals surface area contributed by atoms with Crippen LogP contribution in [0, 0.1) is 5.92 Å². The summed E-state index contributed by atoms with van der Waals surface area (Å²) in [5, 5.41) is 3.44. The fraction of sp³-hybridized carbons (Fsp3) is 0.625. The van der Waals surface area contributed by atoms with Crippen LogP contribution in [0.3, 0.4) is 0 Å². The Kier molecular flexibility index (Phi) is 5.06. The Morgan fingerprint density at radius 3 is 2.67 bits per heavy atom. The van der Waals surface area contributed by atoms with Crippen molar-refractivity contribution in [2.75, 3.05) is 24.5 Å². The molecule has 2 heteroatoms. The summed E-state index contributed by atoms with van der Waals surface area (Å²) < 4.78 is 0. The van der Waals surface area contributed by atoms with Crippen LogP contribution in [0.25, 0.3) is 0 Å². The van der Waals surface area contributed by atoms with E-state index in [2.05, 4.69) is 48.3 Å². The molecule has 0 spiro atoms. The minimum Gasteiger partial charge on any atom is -0.371 e. The molecule has 1 saturated carbocycles. The van der Waals surface area contributed by atoms with Gasteiger partial charge in [-0.1, -0.05) is 32.0 Å². The molecule has 100 valence electrons. The number of nitrogens with one attached hydrogen (secondary N) is 1. The minimum atomic E-state index is 0.948. The van der Waals surface area contributed by atoms with Crippen LogP contribution in [0.1, 0.15) is 38.7 Å². The highest BCUT2D eigenvalue weighted by molar-refractivity contribution is 5.53. The van der Waals surface area contributed by atoms with Gasteiger partial charge in [0.1, 0.15) is 0 Å². The number of anilines is 1. The van der Waals surface area contributed by atoms with Gasteiger partial charge in [-0.3, -0.25) is 0 Å². The summed E-state index contributed by atoms with van der Waals surface area (Å²) in [5.74, 6) is 0.948. The SMILES string of the molecule is CCCN(CC1CC1)c1ccccc1CNCC. The number of hydrogen-bond donors (Lipinski definition) is 1. The summed E-state index contributed by atoms with van der Waals surface area (Å²) in [6.07, 6.45) is 4.08. The highest BCUT2D eigenvalue weighted by atomic mass is 15.1. The summed E-state index contributed by atoms with van der Waals surface area (Å²) in [6, 6.07) is 8.86. The largest absolute Gasteiger partial charge is 0.371 e. The number of para-hydroxylation sites is 1. The number of benzene rings is 1. The molecule has 0 bridgehead atoms. The highest BCUT2D eigenvalue weighted by Crippen LogP contribution is 2.32. The second-order valence-corrected chi connectivity index (χ2v) is 5.30. The lowest BCUT2D eigenvalue weighted by atomic mass is 10.1. The summed E-state index contributed by atoms with van der Waals surface area (Å²) >= 11 is 0. The first-order valence-electron chi connectivity index (χ1n) is 7.38. The smallest absolute Gasteiger partial charge is 0.0411 e. The van der Waals surface area contributed by atoms with Gasteiger partial charge in [0.15, 0.2) is 0 Å².